The SMILES string of the molecule is COC1CC2C3CCC4(OCCO4)[C@@]3(C)CC(O)C2[C@@]2(C)CCC3CC312. The Morgan fingerprint density at radius 3 is 2.46 bits per heavy atom. The molecular formula is C22H34O4. The van der Waals surface area contributed by atoms with Gasteiger partial charge in [0.05, 0.1) is 25.4 Å². The van der Waals surface area contributed by atoms with Crippen LogP contribution >= 0.6 is 0 Å². The third kappa shape index (κ3) is 1.58. The van der Waals surface area contributed by atoms with Crippen molar-refractivity contribution in [1.82, 2.24) is 0 Å². The highest BCUT2D eigenvalue weighted by Gasteiger charge is 2.79. The van der Waals surface area contributed by atoms with Gasteiger partial charge in [-0.3, -0.25) is 0 Å². The van der Waals surface area contributed by atoms with Gasteiger partial charge in [0, 0.05) is 24.4 Å². The summed E-state index contributed by atoms with van der Waals surface area (Å²) in [4.78, 5) is 0. The van der Waals surface area contributed by atoms with Crippen LogP contribution in [0, 0.1) is 39.9 Å². The molecule has 0 amide bonds. The molecular weight excluding hydrogens is 328 g/mol. The van der Waals surface area contributed by atoms with E-state index in [1.165, 1.54) is 25.7 Å². The van der Waals surface area contributed by atoms with Gasteiger partial charge in [-0.2, -0.15) is 0 Å². The highest BCUT2D eigenvalue weighted by atomic mass is 16.7. The third-order valence-corrected chi connectivity index (χ3v) is 10.6. The van der Waals surface area contributed by atoms with Crippen LogP contribution < -0.4 is 0 Å². The molecule has 5 aliphatic carbocycles. The van der Waals surface area contributed by atoms with Gasteiger partial charge in [-0.15, -0.1) is 0 Å². The predicted octanol–water partition coefficient (Wildman–Crippen LogP) is 3.37. The number of methoxy groups -OCH3 is 1. The number of aliphatic hydroxyl groups is 1. The second-order valence-corrected chi connectivity index (χ2v) is 10.8. The molecule has 6 aliphatic rings. The fraction of sp³-hybridized carbons (Fsp3) is 1.00. The molecule has 0 aromatic rings. The maximum Gasteiger partial charge on any atom is 0.174 e. The maximum atomic E-state index is 11.5. The van der Waals surface area contributed by atoms with Gasteiger partial charge in [-0.1, -0.05) is 13.8 Å². The summed E-state index contributed by atoms with van der Waals surface area (Å²) in [5.74, 6) is 1.95. The van der Waals surface area contributed by atoms with E-state index in [1.807, 2.05) is 7.11 Å². The molecule has 0 aromatic heterocycles. The third-order valence-electron chi connectivity index (χ3n) is 10.6. The molecule has 6 fully saturated rings. The lowest BCUT2D eigenvalue weighted by Crippen LogP contribution is -2.63. The number of hydrogen-bond donors (Lipinski definition) is 1. The van der Waals surface area contributed by atoms with E-state index in [0.29, 0.717) is 42.5 Å². The Kier molecular flexibility index (Phi) is 3.14. The molecule has 0 aromatic carbocycles. The normalized spacial score (nSPS) is 61.8. The zero-order valence-electron chi connectivity index (χ0n) is 16.5. The minimum atomic E-state index is -0.444. The summed E-state index contributed by atoms with van der Waals surface area (Å²) in [6.45, 7) is 6.26. The number of rotatable bonds is 1. The zero-order chi connectivity index (χ0) is 17.9. The molecule has 1 saturated heterocycles. The molecule has 1 heterocycles. The average molecular weight is 363 g/mol. The van der Waals surface area contributed by atoms with E-state index in [0.717, 1.165) is 25.2 Å². The van der Waals surface area contributed by atoms with Crippen molar-refractivity contribution >= 4 is 0 Å². The van der Waals surface area contributed by atoms with Gasteiger partial charge in [0.25, 0.3) is 0 Å². The van der Waals surface area contributed by atoms with E-state index in [2.05, 4.69) is 13.8 Å². The van der Waals surface area contributed by atoms with Gasteiger partial charge >= 0.3 is 0 Å². The summed E-state index contributed by atoms with van der Waals surface area (Å²) < 4.78 is 18.6. The maximum absolute atomic E-state index is 11.5. The van der Waals surface area contributed by atoms with Crippen molar-refractivity contribution in [2.24, 2.45) is 39.9 Å². The lowest BCUT2D eigenvalue weighted by Gasteiger charge is -2.62. The first-order valence-corrected chi connectivity index (χ1v) is 10.9. The quantitative estimate of drug-likeness (QED) is 0.777. The van der Waals surface area contributed by atoms with Crippen molar-refractivity contribution in [3.63, 3.8) is 0 Å². The van der Waals surface area contributed by atoms with E-state index in [9.17, 15) is 5.11 Å². The molecule has 0 radical (unpaired) electrons. The molecule has 1 aliphatic heterocycles. The monoisotopic (exact) mass is 362 g/mol. The number of hydrogen-bond acceptors (Lipinski definition) is 4. The van der Waals surface area contributed by atoms with E-state index < -0.39 is 5.79 Å². The molecule has 6 rings (SSSR count). The van der Waals surface area contributed by atoms with Gasteiger partial charge in [-0.05, 0) is 67.6 Å². The summed E-state index contributed by atoms with van der Waals surface area (Å²) in [6.07, 6.45) is 8.21. The standard InChI is InChI=1S/C22H34O4/c1-19-6-4-13-11-21(13,19)17(24-3)10-14-15-5-7-22(25-8-9-26-22)20(15,2)12-16(23)18(14)19/h13-18,23H,4-12H2,1-3H3/t13?,14?,15?,16?,17?,18?,19-,20+,21?/m1/s1. The Labute approximate surface area is 157 Å². The Bertz CT molecular complexity index is 630. The van der Waals surface area contributed by atoms with Crippen molar-refractivity contribution in [1.29, 1.82) is 0 Å². The van der Waals surface area contributed by atoms with Crippen molar-refractivity contribution in [2.75, 3.05) is 20.3 Å². The lowest BCUT2D eigenvalue weighted by molar-refractivity contribution is -0.270. The minimum absolute atomic E-state index is 0.0647. The lowest BCUT2D eigenvalue weighted by atomic mass is 9.45. The molecule has 4 nitrogen and oxygen atoms in total. The highest BCUT2D eigenvalue weighted by Crippen LogP contribution is 2.82. The first-order chi connectivity index (χ1) is 12.4. The van der Waals surface area contributed by atoms with Crippen LogP contribution in [-0.2, 0) is 14.2 Å². The van der Waals surface area contributed by atoms with E-state index in [4.69, 9.17) is 14.2 Å². The van der Waals surface area contributed by atoms with Gasteiger partial charge in [0.1, 0.15) is 0 Å². The van der Waals surface area contributed by atoms with Crippen LogP contribution in [0.15, 0.2) is 0 Å². The van der Waals surface area contributed by atoms with Crippen LogP contribution in [-0.4, -0.2) is 43.4 Å². The number of aliphatic hydroxyl groups excluding tert-OH is 1. The summed E-state index contributed by atoms with van der Waals surface area (Å²) in [6, 6.07) is 0. The van der Waals surface area contributed by atoms with Gasteiger partial charge in [-0.25, -0.2) is 0 Å². The van der Waals surface area contributed by atoms with Crippen LogP contribution in [0.2, 0.25) is 0 Å². The molecule has 146 valence electrons. The topological polar surface area (TPSA) is 47.9 Å². The minimum Gasteiger partial charge on any atom is -0.393 e. The summed E-state index contributed by atoms with van der Waals surface area (Å²) in [5, 5.41) is 11.5. The van der Waals surface area contributed by atoms with Gasteiger partial charge in [0.15, 0.2) is 5.79 Å². The number of fused-ring (bicyclic) bond motifs is 5. The van der Waals surface area contributed by atoms with Crippen LogP contribution in [0.25, 0.3) is 0 Å². The van der Waals surface area contributed by atoms with Gasteiger partial charge in [0.2, 0.25) is 0 Å². The second kappa shape index (κ2) is 4.87. The van der Waals surface area contributed by atoms with E-state index in [-0.39, 0.29) is 16.9 Å². The molecule has 4 heteroatoms. The fourth-order valence-electron chi connectivity index (χ4n) is 9.58. The molecule has 9 atom stereocenters. The summed E-state index contributed by atoms with van der Waals surface area (Å²) >= 11 is 0. The number of ether oxygens (including phenoxy) is 3. The van der Waals surface area contributed by atoms with Crippen LogP contribution in [0.3, 0.4) is 0 Å². The zero-order valence-corrected chi connectivity index (χ0v) is 16.5. The molecule has 7 unspecified atom stereocenters. The van der Waals surface area contributed by atoms with E-state index in [1.54, 1.807) is 0 Å². The van der Waals surface area contributed by atoms with Crippen molar-refractivity contribution in [3.8, 4) is 0 Å². The van der Waals surface area contributed by atoms with Crippen molar-refractivity contribution in [2.45, 2.75) is 76.8 Å². The predicted molar refractivity (Wildman–Crippen MR) is 96.4 cm³/mol. The Morgan fingerprint density at radius 2 is 1.77 bits per heavy atom. The largest absolute Gasteiger partial charge is 0.393 e. The fourth-order valence-corrected chi connectivity index (χ4v) is 9.58. The summed E-state index contributed by atoms with van der Waals surface area (Å²) in [7, 11) is 1.92. The Balaban J connectivity index is 1.43. The van der Waals surface area contributed by atoms with Crippen LogP contribution in [0.4, 0.5) is 0 Å². The van der Waals surface area contributed by atoms with Crippen molar-refractivity contribution < 1.29 is 19.3 Å². The van der Waals surface area contributed by atoms with Crippen LogP contribution in [0.1, 0.15) is 58.8 Å². The van der Waals surface area contributed by atoms with E-state index >= 15 is 0 Å². The first kappa shape index (κ1) is 16.8. The van der Waals surface area contributed by atoms with Gasteiger partial charge < -0.3 is 19.3 Å². The smallest absolute Gasteiger partial charge is 0.174 e. The molecule has 5 saturated carbocycles. The summed E-state index contributed by atoms with van der Waals surface area (Å²) in [5.41, 5.74) is 0.536. The molecule has 26 heavy (non-hydrogen) atoms. The average Bonchev–Trinajstić information content (AvgIpc) is 2.90. The molecule has 1 N–H and O–H groups in total. The Hall–Kier alpha value is -0.160. The van der Waals surface area contributed by atoms with Crippen LogP contribution in [0.5, 0.6) is 0 Å². The first-order valence-electron chi connectivity index (χ1n) is 10.9. The Morgan fingerprint density at radius 1 is 1.00 bits per heavy atom. The molecule has 2 spiro atoms. The highest BCUT2D eigenvalue weighted by molar-refractivity contribution is 5.27. The molecule has 0 bridgehead atoms. The second-order valence-electron chi connectivity index (χ2n) is 10.8. The van der Waals surface area contributed by atoms with Crippen molar-refractivity contribution in [3.05, 3.63) is 0 Å².